The van der Waals surface area contributed by atoms with Crippen molar-refractivity contribution in [1.29, 1.82) is 0 Å². The summed E-state index contributed by atoms with van der Waals surface area (Å²) in [5, 5.41) is 0.987. The van der Waals surface area contributed by atoms with E-state index < -0.39 is 7.14 Å². The van der Waals surface area contributed by atoms with Crippen molar-refractivity contribution in [2.24, 2.45) is 0 Å². The Bertz CT molecular complexity index is 148. The van der Waals surface area contributed by atoms with Crippen LogP contribution in [0.1, 0.15) is 6.42 Å². The zero-order valence-electron chi connectivity index (χ0n) is 6.51. The molecule has 0 aromatic heterocycles. The molecule has 0 aliphatic heterocycles. The molecule has 3 heteroatoms. The number of hydrogen-bond donors (Lipinski definition) is 0. The molecule has 10 heavy (non-hydrogen) atoms. The van der Waals surface area contributed by atoms with E-state index in [4.69, 9.17) is 0 Å². The number of rotatable bonds is 4. The van der Waals surface area contributed by atoms with E-state index in [-0.39, 0.29) is 0 Å². The quantitative estimate of drug-likeness (QED) is 0.408. The van der Waals surface area contributed by atoms with E-state index in [9.17, 15) is 4.57 Å². The van der Waals surface area contributed by atoms with Crippen molar-refractivity contribution in [2.45, 2.75) is 6.42 Å². The third kappa shape index (κ3) is 8.45. The molecule has 0 bridgehead atoms. The van der Waals surface area contributed by atoms with Crippen molar-refractivity contribution in [1.82, 2.24) is 0 Å². The van der Waals surface area contributed by atoms with Crippen LogP contribution >= 0.6 is 23.1 Å². The van der Waals surface area contributed by atoms with E-state index in [1.54, 1.807) is 0 Å². The Kier molecular flexibility index (Phi) is 5.38. The summed E-state index contributed by atoms with van der Waals surface area (Å²) >= 11 is 3.31. The topological polar surface area (TPSA) is 17.1 Å². The maximum atomic E-state index is 11.1. The van der Waals surface area contributed by atoms with E-state index in [1.807, 2.05) is 19.4 Å². The Morgan fingerprint density at radius 2 is 2.00 bits per heavy atom. The van der Waals surface area contributed by atoms with Gasteiger partial charge in [-0.2, -0.15) is 0 Å². The maximum absolute atomic E-state index is 11.1. The first-order valence-corrected chi connectivity index (χ1v) is 7.22. The van der Waals surface area contributed by atoms with E-state index >= 15 is 0 Å². The molecule has 60 valence electrons. The molecule has 0 saturated carbocycles. The summed E-state index contributed by atoms with van der Waals surface area (Å²) in [5.74, 6) is 0. The minimum absolute atomic E-state index is 0.736. The standard InChI is InChI=1S/C7H14BrOP/c1-10(2,9)7-5-3-4-6-8/h3,5H,4,6-7H2,1-2H3/b5-3+. The molecule has 0 spiro atoms. The number of halogens is 1. The van der Waals surface area contributed by atoms with Crippen LogP contribution in [0.2, 0.25) is 0 Å². The summed E-state index contributed by atoms with van der Waals surface area (Å²) < 4.78 is 11.1. The molecule has 0 unspecified atom stereocenters. The third-order valence-electron chi connectivity index (χ3n) is 0.988. The normalized spacial score (nSPS) is 12.7. The van der Waals surface area contributed by atoms with E-state index in [2.05, 4.69) is 22.0 Å². The van der Waals surface area contributed by atoms with Crippen LogP contribution in [0, 0.1) is 0 Å². The van der Waals surface area contributed by atoms with Crippen LogP contribution in [-0.2, 0) is 4.57 Å². The Labute approximate surface area is 71.4 Å². The largest absolute Gasteiger partial charge is 0.324 e. The van der Waals surface area contributed by atoms with Crippen molar-refractivity contribution in [3.63, 3.8) is 0 Å². The number of allylic oxidation sites excluding steroid dienone is 2. The van der Waals surface area contributed by atoms with Gasteiger partial charge in [-0.1, -0.05) is 28.1 Å². The molecule has 0 aliphatic carbocycles. The Morgan fingerprint density at radius 3 is 2.40 bits per heavy atom. The SMILES string of the molecule is CP(C)(=O)C/C=C/CCBr. The lowest BCUT2D eigenvalue weighted by molar-refractivity contribution is 0.584. The lowest BCUT2D eigenvalue weighted by atomic mass is 10.4. The molecular formula is C7H14BrOP. The molecule has 1 nitrogen and oxygen atoms in total. The van der Waals surface area contributed by atoms with Crippen molar-refractivity contribution in [2.75, 3.05) is 24.8 Å². The van der Waals surface area contributed by atoms with Gasteiger partial charge >= 0.3 is 0 Å². The van der Waals surface area contributed by atoms with Crippen molar-refractivity contribution >= 4 is 23.1 Å². The summed E-state index contributed by atoms with van der Waals surface area (Å²) in [5.41, 5.74) is 0. The number of alkyl halides is 1. The van der Waals surface area contributed by atoms with Crippen LogP contribution in [0.5, 0.6) is 0 Å². The van der Waals surface area contributed by atoms with Gasteiger partial charge in [-0.05, 0) is 19.8 Å². The van der Waals surface area contributed by atoms with Crippen molar-refractivity contribution < 1.29 is 4.57 Å². The molecule has 0 radical (unpaired) electrons. The van der Waals surface area contributed by atoms with Gasteiger partial charge < -0.3 is 4.57 Å². The van der Waals surface area contributed by atoms with Crippen LogP contribution in [0.15, 0.2) is 12.2 Å². The van der Waals surface area contributed by atoms with Gasteiger partial charge in [-0.15, -0.1) is 0 Å². The van der Waals surface area contributed by atoms with E-state index in [0.717, 1.165) is 17.9 Å². The fourth-order valence-electron chi connectivity index (χ4n) is 0.509. The second-order valence-corrected chi connectivity index (χ2v) is 7.01. The maximum Gasteiger partial charge on any atom is 0.0854 e. The van der Waals surface area contributed by atoms with E-state index in [1.165, 1.54) is 0 Å². The first-order valence-electron chi connectivity index (χ1n) is 3.31. The third-order valence-corrected chi connectivity index (χ3v) is 2.54. The van der Waals surface area contributed by atoms with Crippen LogP contribution in [0.4, 0.5) is 0 Å². The van der Waals surface area contributed by atoms with Crippen LogP contribution < -0.4 is 0 Å². The molecule has 0 aromatic rings. The lowest BCUT2D eigenvalue weighted by Crippen LogP contribution is -1.79. The van der Waals surface area contributed by atoms with Crippen LogP contribution in [-0.4, -0.2) is 24.8 Å². The summed E-state index contributed by atoms with van der Waals surface area (Å²) in [6, 6.07) is 0. The smallest absolute Gasteiger partial charge is 0.0854 e. The highest BCUT2D eigenvalue weighted by atomic mass is 79.9. The highest BCUT2D eigenvalue weighted by molar-refractivity contribution is 9.09. The molecule has 0 saturated heterocycles. The summed E-state index contributed by atoms with van der Waals surface area (Å²) in [6.45, 7) is 3.62. The second kappa shape index (κ2) is 5.15. The zero-order valence-corrected chi connectivity index (χ0v) is 8.99. The van der Waals surface area contributed by atoms with Gasteiger partial charge in [0.05, 0.1) is 7.14 Å². The molecule has 0 aliphatic rings. The summed E-state index contributed by atoms with van der Waals surface area (Å²) in [6.07, 6.45) is 5.83. The Hall–Kier alpha value is 0.450. The lowest BCUT2D eigenvalue weighted by Gasteiger charge is -1.98. The zero-order chi connectivity index (χ0) is 8.04. The van der Waals surface area contributed by atoms with E-state index in [0.29, 0.717) is 0 Å². The minimum Gasteiger partial charge on any atom is -0.324 e. The van der Waals surface area contributed by atoms with Crippen molar-refractivity contribution in [3.05, 3.63) is 12.2 Å². The van der Waals surface area contributed by atoms with Crippen LogP contribution in [0.3, 0.4) is 0 Å². The monoisotopic (exact) mass is 224 g/mol. The predicted molar refractivity (Wildman–Crippen MR) is 51.9 cm³/mol. The minimum atomic E-state index is -1.81. The van der Waals surface area contributed by atoms with Gasteiger partial charge in [-0.3, -0.25) is 0 Å². The summed E-state index contributed by atoms with van der Waals surface area (Å²) in [4.78, 5) is 0. The predicted octanol–water partition coefficient (Wildman–Crippen LogP) is 2.95. The summed E-state index contributed by atoms with van der Waals surface area (Å²) in [7, 11) is -1.81. The Balaban J connectivity index is 3.44. The fourth-order valence-corrected chi connectivity index (χ4v) is 1.43. The van der Waals surface area contributed by atoms with Gasteiger partial charge in [0.1, 0.15) is 0 Å². The molecule has 0 amide bonds. The average Bonchev–Trinajstić information content (AvgIpc) is 1.78. The molecule has 0 heterocycles. The molecule has 0 fully saturated rings. The molecule has 0 atom stereocenters. The molecule has 0 N–H and O–H groups in total. The number of hydrogen-bond acceptors (Lipinski definition) is 1. The van der Waals surface area contributed by atoms with Crippen LogP contribution in [0.25, 0.3) is 0 Å². The van der Waals surface area contributed by atoms with Gasteiger partial charge in [0.15, 0.2) is 0 Å². The first-order chi connectivity index (χ1) is 4.56. The Morgan fingerprint density at radius 1 is 1.40 bits per heavy atom. The molecule has 0 rings (SSSR count). The van der Waals surface area contributed by atoms with Gasteiger partial charge in [0.2, 0.25) is 0 Å². The van der Waals surface area contributed by atoms with Gasteiger partial charge in [0.25, 0.3) is 0 Å². The molecule has 0 aromatic carbocycles. The molecular weight excluding hydrogens is 211 g/mol. The van der Waals surface area contributed by atoms with Crippen molar-refractivity contribution in [3.8, 4) is 0 Å². The second-order valence-electron chi connectivity index (χ2n) is 2.71. The first kappa shape index (κ1) is 10.4. The van der Waals surface area contributed by atoms with Gasteiger partial charge in [0, 0.05) is 11.5 Å². The van der Waals surface area contributed by atoms with Gasteiger partial charge in [-0.25, -0.2) is 0 Å². The highest BCUT2D eigenvalue weighted by Gasteiger charge is 2.01. The fraction of sp³-hybridized carbons (Fsp3) is 0.714. The highest BCUT2D eigenvalue weighted by Crippen LogP contribution is 2.35. The average molecular weight is 225 g/mol.